The van der Waals surface area contributed by atoms with E-state index in [0.717, 1.165) is 30.4 Å². The molecule has 2 N–H and O–H groups in total. The Morgan fingerprint density at radius 3 is 2.48 bits per heavy atom. The van der Waals surface area contributed by atoms with E-state index in [1.54, 1.807) is 17.6 Å². The van der Waals surface area contributed by atoms with Gasteiger partial charge in [0, 0.05) is 44.5 Å². The van der Waals surface area contributed by atoms with Gasteiger partial charge in [-0.25, -0.2) is 5.48 Å². The summed E-state index contributed by atoms with van der Waals surface area (Å²) >= 11 is 0. The van der Waals surface area contributed by atoms with E-state index in [0.29, 0.717) is 25.2 Å². The molecule has 3 rings (SSSR count). The molecule has 0 spiro atoms. The molecule has 2 aromatic rings. The maximum atomic E-state index is 12.9. The van der Waals surface area contributed by atoms with Crippen molar-refractivity contribution in [1.82, 2.24) is 10.4 Å². The van der Waals surface area contributed by atoms with E-state index < -0.39 is 17.6 Å². The highest BCUT2D eigenvalue weighted by atomic mass is 19.4. The Bertz CT molecular complexity index is 875. The van der Waals surface area contributed by atoms with Crippen molar-refractivity contribution in [3.8, 4) is 0 Å². The molecule has 1 aliphatic rings. The van der Waals surface area contributed by atoms with Crippen LogP contribution in [0.3, 0.4) is 0 Å². The van der Waals surface area contributed by atoms with Crippen molar-refractivity contribution in [3.63, 3.8) is 0 Å². The topological polar surface area (TPSA) is 55.8 Å². The molecule has 8 heteroatoms. The number of alkyl halides is 3. The molecular formula is C21H22F3N3O2. The standard InChI is InChI=1S/C21H22F3N3O2/c22-21(23,24)18-6-3-4-16(14-18)15-26-10-12-27(13-11-26)19-7-2-1-5-17(19)8-9-20(28)25-29/h1-9,14,29H,10-13,15H2,(H,25,28)/b9-8+. The molecule has 0 aliphatic carbocycles. The third kappa shape index (κ3) is 5.58. The average molecular weight is 405 g/mol. The molecule has 1 heterocycles. The Labute approximate surface area is 167 Å². The van der Waals surface area contributed by atoms with E-state index in [1.807, 2.05) is 24.3 Å². The zero-order valence-corrected chi connectivity index (χ0v) is 15.7. The fourth-order valence-electron chi connectivity index (χ4n) is 3.37. The van der Waals surface area contributed by atoms with Gasteiger partial charge in [0.1, 0.15) is 0 Å². The summed E-state index contributed by atoms with van der Waals surface area (Å²) in [5.41, 5.74) is 3.40. The highest BCUT2D eigenvalue weighted by Gasteiger charge is 2.30. The van der Waals surface area contributed by atoms with Crippen LogP contribution >= 0.6 is 0 Å². The summed E-state index contributed by atoms with van der Waals surface area (Å²) in [4.78, 5) is 15.5. The zero-order chi connectivity index (χ0) is 20.9. The molecule has 2 aromatic carbocycles. The number of benzene rings is 2. The van der Waals surface area contributed by atoms with Gasteiger partial charge < -0.3 is 4.90 Å². The fraction of sp³-hybridized carbons (Fsp3) is 0.286. The van der Waals surface area contributed by atoms with E-state index >= 15 is 0 Å². The minimum atomic E-state index is -4.33. The van der Waals surface area contributed by atoms with Gasteiger partial charge in [-0.05, 0) is 29.3 Å². The lowest BCUT2D eigenvalue weighted by molar-refractivity contribution is -0.137. The summed E-state index contributed by atoms with van der Waals surface area (Å²) in [5, 5.41) is 8.61. The number of hydroxylamine groups is 1. The number of hydrogen-bond donors (Lipinski definition) is 2. The van der Waals surface area contributed by atoms with Crippen LogP contribution in [0.2, 0.25) is 0 Å². The van der Waals surface area contributed by atoms with Crippen molar-refractivity contribution in [2.24, 2.45) is 0 Å². The number of carbonyl (C=O) groups is 1. The van der Waals surface area contributed by atoms with E-state index in [2.05, 4.69) is 9.80 Å². The fourth-order valence-corrected chi connectivity index (χ4v) is 3.37. The number of amides is 1. The molecule has 0 aromatic heterocycles. The first-order valence-corrected chi connectivity index (χ1v) is 9.21. The molecule has 5 nitrogen and oxygen atoms in total. The van der Waals surface area contributed by atoms with Crippen LogP contribution in [-0.4, -0.2) is 42.2 Å². The second kappa shape index (κ2) is 9.11. The van der Waals surface area contributed by atoms with Gasteiger partial charge in [-0.2, -0.15) is 13.2 Å². The van der Waals surface area contributed by atoms with E-state index in [4.69, 9.17) is 5.21 Å². The Kier molecular flexibility index (Phi) is 6.56. The van der Waals surface area contributed by atoms with E-state index in [1.165, 1.54) is 18.2 Å². The Morgan fingerprint density at radius 1 is 1.07 bits per heavy atom. The van der Waals surface area contributed by atoms with Crippen molar-refractivity contribution < 1.29 is 23.2 Å². The number of hydrogen-bond acceptors (Lipinski definition) is 4. The SMILES string of the molecule is O=C(/C=C/c1ccccc1N1CCN(Cc2cccc(C(F)(F)F)c2)CC1)NO. The van der Waals surface area contributed by atoms with Gasteiger partial charge >= 0.3 is 6.18 Å². The molecule has 1 fully saturated rings. The van der Waals surface area contributed by atoms with Crippen LogP contribution < -0.4 is 10.4 Å². The van der Waals surface area contributed by atoms with Gasteiger partial charge in [0.25, 0.3) is 5.91 Å². The lowest BCUT2D eigenvalue weighted by atomic mass is 10.1. The molecule has 1 saturated heterocycles. The summed E-state index contributed by atoms with van der Waals surface area (Å²) in [5.74, 6) is -0.606. The average Bonchev–Trinajstić information content (AvgIpc) is 2.72. The van der Waals surface area contributed by atoms with Crippen LogP contribution in [0.1, 0.15) is 16.7 Å². The maximum Gasteiger partial charge on any atom is 0.416 e. The number of halogens is 3. The predicted molar refractivity (Wildman–Crippen MR) is 104 cm³/mol. The van der Waals surface area contributed by atoms with Gasteiger partial charge in [-0.1, -0.05) is 36.4 Å². The Hall–Kier alpha value is -2.84. The molecule has 0 radical (unpaired) electrons. The van der Waals surface area contributed by atoms with Crippen molar-refractivity contribution in [3.05, 3.63) is 71.3 Å². The smallest absolute Gasteiger partial charge is 0.368 e. The third-order valence-electron chi connectivity index (χ3n) is 4.83. The van der Waals surface area contributed by atoms with Crippen LogP contribution in [-0.2, 0) is 17.5 Å². The first kappa shape index (κ1) is 20.9. The highest BCUT2D eigenvalue weighted by molar-refractivity contribution is 5.91. The second-order valence-corrected chi connectivity index (χ2v) is 6.83. The van der Waals surface area contributed by atoms with Gasteiger partial charge in [0.05, 0.1) is 5.56 Å². The number of rotatable bonds is 5. The molecule has 154 valence electrons. The molecule has 0 bridgehead atoms. The van der Waals surface area contributed by atoms with E-state index in [-0.39, 0.29) is 0 Å². The number of nitrogens with one attached hydrogen (secondary N) is 1. The summed E-state index contributed by atoms with van der Waals surface area (Å²) in [6.07, 6.45) is -1.45. The molecule has 1 amide bonds. The highest BCUT2D eigenvalue weighted by Crippen LogP contribution is 2.30. The van der Waals surface area contributed by atoms with Crippen LogP contribution in [0.5, 0.6) is 0 Å². The second-order valence-electron chi connectivity index (χ2n) is 6.83. The summed E-state index contributed by atoms with van der Waals surface area (Å²) in [7, 11) is 0. The summed E-state index contributed by atoms with van der Waals surface area (Å²) in [6.45, 7) is 3.33. The molecule has 0 atom stereocenters. The molecule has 0 saturated carbocycles. The minimum Gasteiger partial charge on any atom is -0.368 e. The number of piperazine rings is 1. The van der Waals surface area contributed by atoms with E-state index in [9.17, 15) is 18.0 Å². The quantitative estimate of drug-likeness (QED) is 0.454. The monoisotopic (exact) mass is 405 g/mol. The molecule has 29 heavy (non-hydrogen) atoms. The number of para-hydroxylation sites is 1. The Morgan fingerprint density at radius 2 is 1.79 bits per heavy atom. The van der Waals surface area contributed by atoms with Crippen molar-refractivity contribution in [1.29, 1.82) is 0 Å². The normalized spacial score (nSPS) is 15.7. The van der Waals surface area contributed by atoms with Crippen molar-refractivity contribution >= 4 is 17.7 Å². The summed E-state index contributed by atoms with van der Waals surface area (Å²) < 4.78 is 38.7. The molecule has 0 unspecified atom stereocenters. The van der Waals surface area contributed by atoms with Crippen LogP contribution in [0.15, 0.2) is 54.6 Å². The zero-order valence-electron chi connectivity index (χ0n) is 15.7. The predicted octanol–water partition coefficient (Wildman–Crippen LogP) is 3.55. The van der Waals surface area contributed by atoms with Crippen molar-refractivity contribution in [2.45, 2.75) is 12.7 Å². The lowest BCUT2D eigenvalue weighted by Gasteiger charge is -2.37. The Balaban J connectivity index is 1.63. The lowest BCUT2D eigenvalue weighted by Crippen LogP contribution is -2.46. The molecule has 1 aliphatic heterocycles. The van der Waals surface area contributed by atoms with Gasteiger partial charge in [0.15, 0.2) is 0 Å². The van der Waals surface area contributed by atoms with Crippen molar-refractivity contribution in [2.75, 3.05) is 31.1 Å². The minimum absolute atomic E-state index is 0.468. The van der Waals surface area contributed by atoms with Gasteiger partial charge in [-0.3, -0.25) is 14.9 Å². The number of nitrogens with zero attached hydrogens (tertiary/aromatic N) is 2. The van der Waals surface area contributed by atoms with Crippen LogP contribution in [0, 0.1) is 0 Å². The summed E-state index contributed by atoms with van der Waals surface area (Å²) in [6, 6.07) is 13.1. The van der Waals surface area contributed by atoms with Crippen LogP contribution in [0.4, 0.5) is 18.9 Å². The third-order valence-corrected chi connectivity index (χ3v) is 4.83. The first-order chi connectivity index (χ1) is 13.9. The first-order valence-electron chi connectivity index (χ1n) is 9.21. The molecular weight excluding hydrogens is 383 g/mol. The van der Waals surface area contributed by atoms with Gasteiger partial charge in [0.2, 0.25) is 0 Å². The largest absolute Gasteiger partial charge is 0.416 e. The number of carbonyl (C=O) groups excluding carboxylic acids is 1. The van der Waals surface area contributed by atoms with Crippen LogP contribution in [0.25, 0.3) is 6.08 Å². The maximum absolute atomic E-state index is 12.9. The number of anilines is 1. The van der Waals surface area contributed by atoms with Gasteiger partial charge in [-0.15, -0.1) is 0 Å².